The molecule has 0 fully saturated rings. The van der Waals surface area contributed by atoms with E-state index in [0.717, 1.165) is 10.5 Å². The molecular formula is C16H16FN3O3S. The highest BCUT2D eigenvalue weighted by molar-refractivity contribution is 7.89. The molecule has 2 aromatic rings. The van der Waals surface area contributed by atoms with Crippen LogP contribution in [0.3, 0.4) is 0 Å². The van der Waals surface area contributed by atoms with Crippen LogP contribution in [0.4, 0.5) is 10.1 Å². The van der Waals surface area contributed by atoms with Crippen molar-refractivity contribution in [3.05, 3.63) is 60.2 Å². The van der Waals surface area contributed by atoms with Crippen LogP contribution in [0, 0.1) is 5.82 Å². The summed E-state index contributed by atoms with van der Waals surface area (Å²) in [5.41, 5.74) is 0.581. The summed E-state index contributed by atoms with van der Waals surface area (Å²) in [6.07, 6.45) is 5.01. The SMILES string of the molecule is CN(C)S(=O)(=O)c1ccccc1NC(=O)C=Cc1cncc(F)c1. The number of nitrogens with zero attached hydrogens (tertiary/aromatic N) is 2. The molecule has 1 heterocycles. The average molecular weight is 349 g/mol. The van der Waals surface area contributed by atoms with Crippen molar-refractivity contribution in [1.82, 2.24) is 9.29 Å². The second-order valence-electron chi connectivity index (χ2n) is 5.04. The third-order valence-electron chi connectivity index (χ3n) is 3.06. The molecule has 0 aliphatic rings. The maximum absolute atomic E-state index is 13.0. The van der Waals surface area contributed by atoms with Gasteiger partial charge in [-0.05, 0) is 29.8 Å². The van der Waals surface area contributed by atoms with Crippen LogP contribution in [0.1, 0.15) is 5.56 Å². The Balaban J connectivity index is 2.21. The van der Waals surface area contributed by atoms with E-state index < -0.39 is 21.7 Å². The summed E-state index contributed by atoms with van der Waals surface area (Å²) >= 11 is 0. The van der Waals surface area contributed by atoms with E-state index in [4.69, 9.17) is 0 Å². The summed E-state index contributed by atoms with van der Waals surface area (Å²) in [6, 6.07) is 7.31. The number of pyridine rings is 1. The minimum Gasteiger partial charge on any atom is -0.321 e. The number of carbonyl (C=O) groups excluding carboxylic acids is 1. The fourth-order valence-corrected chi connectivity index (χ4v) is 2.90. The Morgan fingerprint density at radius 1 is 1.25 bits per heavy atom. The highest BCUT2D eigenvalue weighted by Crippen LogP contribution is 2.23. The van der Waals surface area contributed by atoms with Crippen molar-refractivity contribution >= 4 is 27.7 Å². The standard InChI is InChI=1S/C16H16FN3O3S/c1-20(2)24(22,23)15-6-4-3-5-14(15)19-16(21)8-7-12-9-13(17)11-18-10-12/h3-11H,1-2H3,(H,19,21). The van der Waals surface area contributed by atoms with Crippen LogP contribution in [-0.4, -0.2) is 37.7 Å². The third-order valence-corrected chi connectivity index (χ3v) is 4.93. The summed E-state index contributed by atoms with van der Waals surface area (Å²) in [5, 5.41) is 2.51. The molecule has 0 spiro atoms. The molecule has 8 heteroatoms. The molecule has 0 atom stereocenters. The van der Waals surface area contributed by atoms with Gasteiger partial charge in [0.05, 0.1) is 11.9 Å². The van der Waals surface area contributed by atoms with Crippen LogP contribution in [0.5, 0.6) is 0 Å². The van der Waals surface area contributed by atoms with Crippen LogP contribution in [0.15, 0.2) is 53.7 Å². The second-order valence-corrected chi connectivity index (χ2v) is 7.16. The van der Waals surface area contributed by atoms with Gasteiger partial charge in [0.25, 0.3) is 0 Å². The molecule has 126 valence electrons. The van der Waals surface area contributed by atoms with Gasteiger partial charge in [-0.15, -0.1) is 0 Å². The van der Waals surface area contributed by atoms with Gasteiger partial charge in [0.1, 0.15) is 10.7 Å². The van der Waals surface area contributed by atoms with E-state index in [-0.39, 0.29) is 10.6 Å². The molecule has 0 saturated heterocycles. The zero-order chi connectivity index (χ0) is 17.7. The summed E-state index contributed by atoms with van der Waals surface area (Å²) in [6.45, 7) is 0. The molecule has 0 radical (unpaired) electrons. The largest absolute Gasteiger partial charge is 0.321 e. The number of anilines is 1. The minimum absolute atomic E-state index is 0.0100. The number of hydrogen-bond donors (Lipinski definition) is 1. The number of amides is 1. The number of benzene rings is 1. The van der Waals surface area contributed by atoms with Gasteiger partial charge in [0, 0.05) is 26.4 Å². The lowest BCUT2D eigenvalue weighted by Crippen LogP contribution is -2.24. The van der Waals surface area contributed by atoms with Crippen molar-refractivity contribution < 1.29 is 17.6 Å². The van der Waals surface area contributed by atoms with Gasteiger partial charge in [0.15, 0.2) is 0 Å². The highest BCUT2D eigenvalue weighted by atomic mass is 32.2. The molecule has 0 aliphatic carbocycles. The Morgan fingerprint density at radius 2 is 1.96 bits per heavy atom. The van der Waals surface area contributed by atoms with E-state index in [9.17, 15) is 17.6 Å². The van der Waals surface area contributed by atoms with Gasteiger partial charge in [-0.3, -0.25) is 9.78 Å². The van der Waals surface area contributed by atoms with E-state index in [2.05, 4.69) is 10.3 Å². The van der Waals surface area contributed by atoms with Crippen molar-refractivity contribution in [2.24, 2.45) is 0 Å². The van der Waals surface area contributed by atoms with E-state index in [1.165, 1.54) is 50.6 Å². The zero-order valence-corrected chi connectivity index (χ0v) is 13.9. The molecule has 0 unspecified atom stereocenters. The minimum atomic E-state index is -3.69. The van der Waals surface area contributed by atoms with Crippen molar-refractivity contribution in [1.29, 1.82) is 0 Å². The van der Waals surface area contributed by atoms with Crippen LogP contribution < -0.4 is 5.32 Å². The summed E-state index contributed by atoms with van der Waals surface area (Å²) in [4.78, 5) is 15.7. The van der Waals surface area contributed by atoms with Gasteiger partial charge >= 0.3 is 0 Å². The number of rotatable bonds is 5. The van der Waals surface area contributed by atoms with Crippen molar-refractivity contribution in [2.45, 2.75) is 4.90 Å². The van der Waals surface area contributed by atoms with Crippen LogP contribution >= 0.6 is 0 Å². The first-order valence-electron chi connectivity index (χ1n) is 6.92. The predicted molar refractivity (Wildman–Crippen MR) is 89.2 cm³/mol. The maximum atomic E-state index is 13.0. The summed E-state index contributed by atoms with van der Waals surface area (Å²) < 4.78 is 38.6. The molecule has 0 bridgehead atoms. The lowest BCUT2D eigenvalue weighted by molar-refractivity contribution is -0.111. The van der Waals surface area contributed by atoms with Gasteiger partial charge in [0.2, 0.25) is 15.9 Å². The Hall–Kier alpha value is -2.58. The Kier molecular flexibility index (Phi) is 5.42. The van der Waals surface area contributed by atoms with E-state index >= 15 is 0 Å². The molecule has 1 aromatic heterocycles. The number of nitrogens with one attached hydrogen (secondary N) is 1. The van der Waals surface area contributed by atoms with Crippen LogP contribution in [0.2, 0.25) is 0 Å². The maximum Gasteiger partial charge on any atom is 0.248 e. The molecule has 0 saturated carbocycles. The molecule has 6 nitrogen and oxygen atoms in total. The molecule has 1 aromatic carbocycles. The lowest BCUT2D eigenvalue weighted by Gasteiger charge is -2.15. The molecule has 1 N–H and O–H groups in total. The van der Waals surface area contributed by atoms with Gasteiger partial charge in [-0.25, -0.2) is 17.1 Å². The van der Waals surface area contributed by atoms with Crippen molar-refractivity contribution in [3.63, 3.8) is 0 Å². The first-order valence-corrected chi connectivity index (χ1v) is 8.36. The third kappa shape index (κ3) is 4.24. The van der Waals surface area contributed by atoms with Gasteiger partial charge in [-0.1, -0.05) is 12.1 Å². The highest BCUT2D eigenvalue weighted by Gasteiger charge is 2.21. The zero-order valence-electron chi connectivity index (χ0n) is 13.1. The number of hydrogen-bond acceptors (Lipinski definition) is 4. The monoisotopic (exact) mass is 349 g/mol. The Bertz CT molecular complexity index is 880. The fraction of sp³-hybridized carbons (Fsp3) is 0.125. The first-order chi connectivity index (χ1) is 11.3. The van der Waals surface area contributed by atoms with Gasteiger partial charge in [-0.2, -0.15) is 0 Å². The Morgan fingerprint density at radius 3 is 2.62 bits per heavy atom. The number of aromatic nitrogens is 1. The quantitative estimate of drug-likeness (QED) is 0.839. The lowest BCUT2D eigenvalue weighted by atomic mass is 10.2. The second kappa shape index (κ2) is 7.33. The fourth-order valence-electron chi connectivity index (χ4n) is 1.86. The molecule has 1 amide bonds. The summed E-state index contributed by atoms with van der Waals surface area (Å²) in [7, 11) is -0.876. The Labute approximate surface area is 139 Å². The molecular weight excluding hydrogens is 333 g/mol. The molecule has 0 aliphatic heterocycles. The van der Waals surface area contributed by atoms with E-state index in [0.29, 0.717) is 5.56 Å². The van der Waals surface area contributed by atoms with E-state index in [1.54, 1.807) is 12.1 Å². The predicted octanol–water partition coefficient (Wildman–Crippen LogP) is 2.12. The van der Waals surface area contributed by atoms with Crippen LogP contribution in [-0.2, 0) is 14.8 Å². The van der Waals surface area contributed by atoms with Gasteiger partial charge < -0.3 is 5.32 Å². The van der Waals surface area contributed by atoms with Crippen LogP contribution in [0.25, 0.3) is 6.08 Å². The molecule has 24 heavy (non-hydrogen) atoms. The number of halogens is 1. The topological polar surface area (TPSA) is 79.4 Å². The molecule has 2 rings (SSSR count). The van der Waals surface area contributed by atoms with Crippen molar-refractivity contribution in [2.75, 3.05) is 19.4 Å². The normalized spacial score (nSPS) is 11.8. The van der Waals surface area contributed by atoms with Crippen molar-refractivity contribution in [3.8, 4) is 0 Å². The number of para-hydroxylation sites is 1. The number of sulfonamides is 1. The summed E-state index contributed by atoms with van der Waals surface area (Å²) in [5.74, 6) is -1.05. The first kappa shape index (κ1) is 17.8. The smallest absolute Gasteiger partial charge is 0.248 e. The van der Waals surface area contributed by atoms with E-state index in [1.807, 2.05) is 0 Å². The number of carbonyl (C=O) groups is 1. The average Bonchev–Trinajstić information content (AvgIpc) is 2.53.